The lowest BCUT2D eigenvalue weighted by Crippen LogP contribution is -2.22. The molecular formula is C27H33N3O3S. The molecule has 34 heavy (non-hydrogen) atoms. The summed E-state index contributed by atoms with van der Waals surface area (Å²) in [7, 11) is 1.67. The molecule has 1 aliphatic rings. The van der Waals surface area contributed by atoms with Crippen molar-refractivity contribution in [3.05, 3.63) is 53.6 Å². The molecule has 7 heteroatoms. The van der Waals surface area contributed by atoms with Gasteiger partial charge in [0.25, 0.3) is 0 Å². The van der Waals surface area contributed by atoms with Crippen molar-refractivity contribution in [2.45, 2.75) is 63.4 Å². The lowest BCUT2D eigenvalue weighted by molar-refractivity contribution is 0.101. The Kier molecular flexibility index (Phi) is 7.93. The van der Waals surface area contributed by atoms with E-state index in [4.69, 9.17) is 9.47 Å². The van der Waals surface area contributed by atoms with Gasteiger partial charge in [0.2, 0.25) is 0 Å². The van der Waals surface area contributed by atoms with Crippen LogP contribution in [0.25, 0.3) is 11.4 Å². The van der Waals surface area contributed by atoms with E-state index in [9.17, 15) is 4.79 Å². The van der Waals surface area contributed by atoms with Crippen LogP contribution in [-0.2, 0) is 5.75 Å². The zero-order valence-corrected chi connectivity index (χ0v) is 21.2. The van der Waals surface area contributed by atoms with E-state index in [1.807, 2.05) is 49.4 Å². The van der Waals surface area contributed by atoms with Crippen LogP contribution in [0.3, 0.4) is 0 Å². The number of ketones is 1. The lowest BCUT2D eigenvalue weighted by Gasteiger charge is -2.31. The Morgan fingerprint density at radius 1 is 1.12 bits per heavy atom. The SMILES string of the molecule is CCOc1ccc(C(C)=O)cc1CSc1nnc(-c2ccc(OC)cc2)n1[C@@H]1CCCC[C@@H]1C. The smallest absolute Gasteiger partial charge is 0.192 e. The van der Waals surface area contributed by atoms with Crippen molar-refractivity contribution >= 4 is 17.5 Å². The minimum Gasteiger partial charge on any atom is -0.497 e. The van der Waals surface area contributed by atoms with Crippen molar-refractivity contribution in [1.29, 1.82) is 0 Å². The first-order valence-electron chi connectivity index (χ1n) is 12.0. The van der Waals surface area contributed by atoms with Crippen molar-refractivity contribution in [2.75, 3.05) is 13.7 Å². The average molecular weight is 480 g/mol. The summed E-state index contributed by atoms with van der Waals surface area (Å²) in [4.78, 5) is 12.0. The van der Waals surface area contributed by atoms with Gasteiger partial charge in [-0.3, -0.25) is 9.36 Å². The maximum atomic E-state index is 12.0. The Hall–Kier alpha value is -2.80. The molecule has 0 spiro atoms. The number of hydrogen-bond donors (Lipinski definition) is 0. The molecule has 4 rings (SSSR count). The van der Waals surface area contributed by atoms with Crippen molar-refractivity contribution in [1.82, 2.24) is 14.8 Å². The normalized spacial score (nSPS) is 18.0. The Labute approximate surface area is 206 Å². The van der Waals surface area contributed by atoms with Crippen LogP contribution in [0.2, 0.25) is 0 Å². The monoisotopic (exact) mass is 479 g/mol. The van der Waals surface area contributed by atoms with E-state index in [2.05, 4.69) is 21.7 Å². The van der Waals surface area contributed by atoms with Crippen LogP contribution in [0, 0.1) is 5.92 Å². The van der Waals surface area contributed by atoms with E-state index in [0.717, 1.165) is 40.0 Å². The van der Waals surface area contributed by atoms with Crippen molar-refractivity contribution in [3.63, 3.8) is 0 Å². The highest BCUT2D eigenvalue weighted by molar-refractivity contribution is 7.98. The molecule has 2 aromatic carbocycles. The second-order valence-corrected chi connectivity index (χ2v) is 9.78. The number of rotatable bonds is 9. The number of methoxy groups -OCH3 is 1. The molecule has 0 N–H and O–H groups in total. The number of hydrogen-bond acceptors (Lipinski definition) is 6. The number of Topliss-reactive ketones (excluding diaryl/α,β-unsaturated/α-hetero) is 1. The molecule has 6 nitrogen and oxygen atoms in total. The highest BCUT2D eigenvalue weighted by Crippen LogP contribution is 2.40. The number of thioether (sulfide) groups is 1. The van der Waals surface area contributed by atoms with Crippen molar-refractivity contribution < 1.29 is 14.3 Å². The maximum absolute atomic E-state index is 12.0. The first-order valence-corrected chi connectivity index (χ1v) is 13.0. The van der Waals surface area contributed by atoms with Gasteiger partial charge < -0.3 is 9.47 Å². The molecule has 0 amide bonds. The fraction of sp³-hybridized carbons (Fsp3) is 0.444. The minimum atomic E-state index is 0.0512. The molecule has 1 aliphatic carbocycles. The summed E-state index contributed by atoms with van der Waals surface area (Å²) >= 11 is 1.65. The zero-order chi connectivity index (χ0) is 24.1. The predicted molar refractivity (Wildman–Crippen MR) is 136 cm³/mol. The van der Waals surface area contributed by atoms with E-state index in [-0.39, 0.29) is 5.78 Å². The van der Waals surface area contributed by atoms with E-state index in [1.165, 1.54) is 19.3 Å². The Morgan fingerprint density at radius 2 is 1.88 bits per heavy atom. The Balaban J connectivity index is 1.69. The van der Waals surface area contributed by atoms with Gasteiger partial charge in [0.05, 0.1) is 13.7 Å². The quantitative estimate of drug-likeness (QED) is 0.254. The Morgan fingerprint density at radius 3 is 2.56 bits per heavy atom. The highest BCUT2D eigenvalue weighted by atomic mass is 32.2. The molecule has 0 radical (unpaired) electrons. The molecule has 0 saturated heterocycles. The van der Waals surface area contributed by atoms with Gasteiger partial charge in [-0.05, 0) is 75.1 Å². The summed E-state index contributed by atoms with van der Waals surface area (Å²) in [5.74, 6) is 3.79. The van der Waals surface area contributed by atoms with E-state index < -0.39 is 0 Å². The fourth-order valence-corrected chi connectivity index (χ4v) is 5.61. The molecule has 2 atom stereocenters. The molecule has 0 bridgehead atoms. The molecule has 180 valence electrons. The van der Waals surface area contributed by atoms with Gasteiger partial charge in [-0.1, -0.05) is 31.5 Å². The number of nitrogens with zero attached hydrogens (tertiary/aromatic N) is 3. The molecule has 1 saturated carbocycles. The third-order valence-electron chi connectivity index (χ3n) is 6.53. The summed E-state index contributed by atoms with van der Waals surface area (Å²) in [6, 6.07) is 14.0. The molecule has 1 aromatic heterocycles. The minimum absolute atomic E-state index is 0.0512. The first kappa shape index (κ1) is 24.3. The molecule has 1 heterocycles. The van der Waals surface area contributed by atoms with Crippen LogP contribution in [0.1, 0.15) is 68.4 Å². The fourth-order valence-electron chi connectivity index (χ4n) is 4.64. The van der Waals surface area contributed by atoms with Gasteiger partial charge in [-0.15, -0.1) is 10.2 Å². The number of ether oxygens (including phenoxy) is 2. The number of benzene rings is 2. The topological polar surface area (TPSA) is 66.2 Å². The maximum Gasteiger partial charge on any atom is 0.192 e. The van der Waals surface area contributed by atoms with E-state index in [0.29, 0.717) is 29.9 Å². The van der Waals surface area contributed by atoms with Crippen LogP contribution < -0.4 is 9.47 Å². The summed E-state index contributed by atoms with van der Waals surface area (Å²) in [5, 5.41) is 10.2. The number of carbonyl (C=O) groups excluding carboxylic acids is 1. The molecule has 0 unspecified atom stereocenters. The predicted octanol–water partition coefficient (Wildman–Crippen LogP) is 6.60. The second kappa shape index (κ2) is 11.1. The summed E-state index contributed by atoms with van der Waals surface area (Å²) in [6.07, 6.45) is 4.83. The van der Waals surface area contributed by atoms with Crippen molar-refractivity contribution in [2.24, 2.45) is 5.92 Å². The second-order valence-electron chi connectivity index (χ2n) is 8.83. The Bertz CT molecular complexity index is 1130. The first-order chi connectivity index (χ1) is 16.5. The van der Waals surface area contributed by atoms with E-state index in [1.54, 1.807) is 25.8 Å². The summed E-state index contributed by atoms with van der Waals surface area (Å²) in [6.45, 7) is 6.47. The van der Waals surface area contributed by atoms with Crippen LogP contribution in [0.4, 0.5) is 0 Å². The van der Waals surface area contributed by atoms with E-state index >= 15 is 0 Å². The average Bonchev–Trinajstić information content (AvgIpc) is 3.27. The van der Waals surface area contributed by atoms with Gasteiger partial charge in [0.15, 0.2) is 16.8 Å². The van der Waals surface area contributed by atoms with Crippen LogP contribution in [0.15, 0.2) is 47.6 Å². The van der Waals surface area contributed by atoms with Crippen LogP contribution in [0.5, 0.6) is 11.5 Å². The number of carbonyl (C=O) groups is 1. The summed E-state index contributed by atoms with van der Waals surface area (Å²) in [5.41, 5.74) is 2.73. The standard InChI is InChI=1S/C27H33N3O3S/c1-5-33-25-15-12-21(19(3)31)16-22(25)17-34-27-29-28-26(20-10-13-23(32-4)14-11-20)30(27)24-9-7-6-8-18(24)2/h10-16,18,24H,5-9,17H2,1-4H3/t18-,24+/m0/s1. The van der Waals surface area contributed by atoms with Gasteiger partial charge in [0.1, 0.15) is 11.5 Å². The van der Waals surface area contributed by atoms with Crippen LogP contribution in [-0.4, -0.2) is 34.3 Å². The largest absolute Gasteiger partial charge is 0.497 e. The van der Waals surface area contributed by atoms with Gasteiger partial charge in [-0.25, -0.2) is 0 Å². The van der Waals surface area contributed by atoms with Crippen LogP contribution >= 0.6 is 11.8 Å². The molecular weight excluding hydrogens is 446 g/mol. The van der Waals surface area contributed by atoms with Crippen molar-refractivity contribution in [3.8, 4) is 22.9 Å². The third kappa shape index (κ3) is 5.30. The molecule has 3 aromatic rings. The van der Waals surface area contributed by atoms with Gasteiger partial charge >= 0.3 is 0 Å². The van der Waals surface area contributed by atoms with Gasteiger partial charge in [0, 0.05) is 28.5 Å². The highest BCUT2D eigenvalue weighted by Gasteiger charge is 2.29. The molecule has 0 aliphatic heterocycles. The third-order valence-corrected chi connectivity index (χ3v) is 7.53. The zero-order valence-electron chi connectivity index (χ0n) is 20.4. The molecule has 1 fully saturated rings. The number of aromatic nitrogens is 3. The van der Waals surface area contributed by atoms with Gasteiger partial charge in [-0.2, -0.15) is 0 Å². The summed E-state index contributed by atoms with van der Waals surface area (Å²) < 4.78 is 13.5. The lowest BCUT2D eigenvalue weighted by atomic mass is 9.85.